The first-order valence-electron chi connectivity index (χ1n) is 6.69. The maximum absolute atomic E-state index is 11.5. The van der Waals surface area contributed by atoms with Crippen LogP contribution in [-0.4, -0.2) is 40.7 Å². The van der Waals surface area contributed by atoms with Crippen LogP contribution >= 0.6 is 21.6 Å². The highest BCUT2D eigenvalue weighted by molar-refractivity contribution is 8.76. The third kappa shape index (κ3) is 5.03. The van der Waals surface area contributed by atoms with Gasteiger partial charge < -0.3 is 9.47 Å². The van der Waals surface area contributed by atoms with E-state index < -0.39 is 12.3 Å². The molecule has 0 aromatic carbocycles. The number of Topliss-reactive ketones (excluding diaryl/α,β-unsaturated/α-hetero) is 2. The summed E-state index contributed by atoms with van der Waals surface area (Å²) >= 11 is 0. The van der Waals surface area contributed by atoms with Crippen molar-refractivity contribution in [3.05, 3.63) is 24.4 Å². The summed E-state index contributed by atoms with van der Waals surface area (Å²) in [7, 11) is 2.98. The van der Waals surface area contributed by atoms with Gasteiger partial charge in [-0.1, -0.05) is 16.9 Å². The fourth-order valence-corrected chi connectivity index (χ4v) is 3.57. The van der Waals surface area contributed by atoms with Gasteiger partial charge in [0.1, 0.15) is 11.6 Å². The molecule has 0 amide bonds. The number of carbonyl (C=O) groups excluding carboxylic acids is 3. The van der Waals surface area contributed by atoms with E-state index in [2.05, 4.69) is 4.98 Å². The lowest BCUT2D eigenvalue weighted by Crippen LogP contribution is -2.29. The van der Waals surface area contributed by atoms with Crippen LogP contribution in [0.5, 0.6) is 0 Å². The van der Waals surface area contributed by atoms with Crippen molar-refractivity contribution >= 4 is 39.3 Å². The third-order valence-electron chi connectivity index (χ3n) is 2.79. The van der Waals surface area contributed by atoms with Gasteiger partial charge in [-0.3, -0.25) is 9.59 Å². The predicted octanol–water partition coefficient (Wildman–Crippen LogP) is 2.66. The minimum Gasteiger partial charge on any atom is -0.433 e. The number of aromatic nitrogens is 1. The quantitative estimate of drug-likeness (QED) is 0.444. The minimum atomic E-state index is -1.28. The molecule has 1 heterocycles. The van der Waals surface area contributed by atoms with E-state index in [0.717, 1.165) is 5.03 Å². The van der Waals surface area contributed by atoms with Crippen LogP contribution in [0, 0.1) is 0 Å². The zero-order valence-electron chi connectivity index (χ0n) is 11.9. The van der Waals surface area contributed by atoms with Gasteiger partial charge in [-0.25, -0.2) is 9.78 Å². The first kappa shape index (κ1) is 16.8. The number of carbonyl (C=O) groups is 3. The van der Waals surface area contributed by atoms with Crippen molar-refractivity contribution in [2.75, 3.05) is 6.61 Å². The highest BCUT2D eigenvalue weighted by Gasteiger charge is 2.36. The molecule has 8 heteroatoms. The Hall–Kier alpha value is -1.54. The van der Waals surface area contributed by atoms with Crippen LogP contribution in [0.25, 0.3) is 0 Å². The molecule has 118 valence electrons. The highest BCUT2D eigenvalue weighted by Crippen LogP contribution is 2.32. The number of nitrogens with zero attached hydrogens (tertiary/aromatic N) is 1. The normalized spacial score (nSPS) is 16.6. The van der Waals surface area contributed by atoms with E-state index in [1.807, 2.05) is 25.1 Å². The second-order valence-electron chi connectivity index (χ2n) is 4.65. The number of ketones is 2. The third-order valence-corrected chi connectivity index (χ3v) is 5.55. The fourth-order valence-electron chi connectivity index (χ4n) is 1.69. The monoisotopic (exact) mass is 341 g/mol. The van der Waals surface area contributed by atoms with Gasteiger partial charge in [0.15, 0.2) is 11.6 Å². The lowest BCUT2D eigenvalue weighted by molar-refractivity contribution is -0.134. The molecule has 0 aliphatic heterocycles. The molecular formula is C14H15NO5S2. The molecule has 1 unspecified atom stereocenters. The maximum atomic E-state index is 11.5. The average Bonchev–Trinajstić information content (AvgIpc) is 2.84. The van der Waals surface area contributed by atoms with Crippen LogP contribution in [0.4, 0.5) is 4.79 Å². The molecule has 1 aromatic rings. The Morgan fingerprint density at radius 2 is 2.09 bits per heavy atom. The zero-order valence-corrected chi connectivity index (χ0v) is 13.5. The van der Waals surface area contributed by atoms with Crippen LogP contribution in [0.15, 0.2) is 29.4 Å². The number of ether oxygens (including phenoxy) is 2. The fraction of sp³-hybridized carbons (Fsp3) is 0.429. The van der Waals surface area contributed by atoms with Gasteiger partial charge >= 0.3 is 6.16 Å². The molecule has 6 nitrogen and oxygen atoms in total. The number of hydrogen-bond donors (Lipinski definition) is 0. The molecule has 0 saturated heterocycles. The van der Waals surface area contributed by atoms with Crippen LogP contribution in [0.3, 0.4) is 0 Å². The van der Waals surface area contributed by atoms with Crippen LogP contribution in [0.2, 0.25) is 0 Å². The summed E-state index contributed by atoms with van der Waals surface area (Å²) < 4.78 is 9.69. The smallest absolute Gasteiger partial charge is 0.433 e. The van der Waals surface area contributed by atoms with Crippen molar-refractivity contribution in [3.63, 3.8) is 0 Å². The van der Waals surface area contributed by atoms with Gasteiger partial charge in [0, 0.05) is 24.3 Å². The standard InChI is InChI=1S/C14H15NO5S2/c1-9(21-22-12-4-2-3-7-15-12)8-19-14(18)20-13-10(16)5-6-11(13)17/h2-4,7,9,13H,5-6,8H2,1H3. The molecule has 0 spiro atoms. The van der Waals surface area contributed by atoms with Gasteiger partial charge in [0.25, 0.3) is 0 Å². The Labute approximate surface area is 135 Å². The summed E-state index contributed by atoms with van der Waals surface area (Å²) in [6, 6.07) is 5.61. The Morgan fingerprint density at radius 1 is 1.36 bits per heavy atom. The lowest BCUT2D eigenvalue weighted by Gasteiger charge is -2.12. The van der Waals surface area contributed by atoms with Crippen molar-refractivity contribution < 1.29 is 23.9 Å². The van der Waals surface area contributed by atoms with Crippen LogP contribution in [0.1, 0.15) is 19.8 Å². The lowest BCUT2D eigenvalue weighted by atomic mass is 10.3. The molecule has 1 aliphatic rings. The Balaban J connectivity index is 1.67. The topological polar surface area (TPSA) is 82.6 Å². The molecule has 0 radical (unpaired) electrons. The molecule has 2 rings (SSSR count). The van der Waals surface area contributed by atoms with Crippen molar-refractivity contribution in [1.29, 1.82) is 0 Å². The van der Waals surface area contributed by atoms with Crippen LogP contribution < -0.4 is 0 Å². The molecule has 1 atom stereocenters. The van der Waals surface area contributed by atoms with Gasteiger partial charge in [-0.15, -0.1) is 0 Å². The molecule has 1 saturated carbocycles. The van der Waals surface area contributed by atoms with E-state index in [4.69, 9.17) is 9.47 Å². The van der Waals surface area contributed by atoms with E-state index in [1.165, 1.54) is 21.6 Å². The summed E-state index contributed by atoms with van der Waals surface area (Å²) in [6.07, 6.45) is -0.299. The number of hydrogen-bond acceptors (Lipinski definition) is 8. The molecule has 0 bridgehead atoms. The zero-order chi connectivity index (χ0) is 15.9. The van der Waals surface area contributed by atoms with E-state index >= 15 is 0 Å². The Morgan fingerprint density at radius 3 is 2.73 bits per heavy atom. The van der Waals surface area contributed by atoms with E-state index in [9.17, 15) is 14.4 Å². The molecule has 1 fully saturated rings. The van der Waals surface area contributed by atoms with Crippen LogP contribution in [-0.2, 0) is 19.1 Å². The SMILES string of the molecule is CC(COC(=O)OC1C(=O)CCC1=O)SSc1ccccn1. The summed E-state index contributed by atoms with van der Waals surface area (Å²) in [5.41, 5.74) is 0. The molecule has 1 aliphatic carbocycles. The van der Waals surface area contributed by atoms with Gasteiger partial charge in [0.2, 0.25) is 6.10 Å². The van der Waals surface area contributed by atoms with Gasteiger partial charge in [-0.05, 0) is 29.9 Å². The second kappa shape index (κ2) is 8.19. The van der Waals surface area contributed by atoms with Crippen molar-refractivity contribution in [2.45, 2.75) is 36.1 Å². The number of pyridine rings is 1. The first-order chi connectivity index (χ1) is 10.6. The average molecular weight is 341 g/mol. The second-order valence-corrected chi connectivity index (χ2v) is 7.31. The van der Waals surface area contributed by atoms with E-state index in [1.54, 1.807) is 6.20 Å². The van der Waals surface area contributed by atoms with Gasteiger partial charge in [0.05, 0.1) is 0 Å². The van der Waals surface area contributed by atoms with E-state index in [0.29, 0.717) is 0 Å². The van der Waals surface area contributed by atoms with Crippen molar-refractivity contribution in [1.82, 2.24) is 4.98 Å². The van der Waals surface area contributed by atoms with Gasteiger partial charge in [-0.2, -0.15) is 0 Å². The Bertz CT molecular complexity index is 535. The molecule has 1 aromatic heterocycles. The molecule has 0 N–H and O–H groups in total. The maximum Gasteiger partial charge on any atom is 0.509 e. The van der Waals surface area contributed by atoms with Crippen molar-refractivity contribution in [3.8, 4) is 0 Å². The first-order valence-corrected chi connectivity index (χ1v) is 8.91. The molecule has 22 heavy (non-hydrogen) atoms. The minimum absolute atomic E-state index is 0.00883. The predicted molar refractivity (Wildman–Crippen MR) is 82.6 cm³/mol. The largest absolute Gasteiger partial charge is 0.509 e. The highest BCUT2D eigenvalue weighted by atomic mass is 33.1. The summed E-state index contributed by atoms with van der Waals surface area (Å²) in [6.45, 7) is 2.01. The van der Waals surface area contributed by atoms with E-state index in [-0.39, 0.29) is 36.3 Å². The summed E-state index contributed by atoms with van der Waals surface area (Å²) in [5.74, 6) is -0.731. The summed E-state index contributed by atoms with van der Waals surface area (Å²) in [5, 5.41) is 0.874. The Kier molecular flexibility index (Phi) is 6.26. The number of rotatable bonds is 6. The van der Waals surface area contributed by atoms with Crippen molar-refractivity contribution in [2.24, 2.45) is 0 Å². The summed E-state index contributed by atoms with van der Waals surface area (Å²) in [4.78, 5) is 38.4. The molecular weight excluding hydrogens is 326 g/mol.